The first-order valence-corrected chi connectivity index (χ1v) is 6.14. The van der Waals surface area contributed by atoms with E-state index in [1.165, 1.54) is 0 Å². The lowest BCUT2D eigenvalue weighted by molar-refractivity contribution is -0.128. The second-order valence-electron chi connectivity index (χ2n) is 4.06. The highest BCUT2D eigenvalue weighted by Crippen LogP contribution is 1.99. The zero-order chi connectivity index (χ0) is 12.7. The van der Waals surface area contributed by atoms with E-state index in [4.69, 9.17) is 0 Å². The number of rotatable bonds is 7. The molecule has 1 rings (SSSR count). The zero-order valence-electron chi connectivity index (χ0n) is 10.9. The van der Waals surface area contributed by atoms with Crippen LogP contribution >= 0.6 is 0 Å². The van der Waals surface area contributed by atoms with Gasteiger partial charge in [-0.3, -0.25) is 9.48 Å². The molecule has 1 aromatic rings. The molecule has 0 saturated heterocycles. The van der Waals surface area contributed by atoms with E-state index in [1.807, 2.05) is 24.7 Å². The SMILES string of the molecule is CCCn1nccc1CNCC(=O)N(C)CC. The van der Waals surface area contributed by atoms with Crippen LogP contribution in [0.1, 0.15) is 26.0 Å². The summed E-state index contributed by atoms with van der Waals surface area (Å²) in [5, 5.41) is 7.39. The molecular weight excluding hydrogens is 216 g/mol. The van der Waals surface area contributed by atoms with E-state index >= 15 is 0 Å². The van der Waals surface area contributed by atoms with Gasteiger partial charge < -0.3 is 10.2 Å². The largest absolute Gasteiger partial charge is 0.345 e. The van der Waals surface area contributed by atoms with Gasteiger partial charge in [0.15, 0.2) is 0 Å². The molecule has 1 N–H and O–H groups in total. The topological polar surface area (TPSA) is 50.2 Å². The standard InChI is InChI=1S/C12H22N4O/c1-4-8-16-11(6-7-14-16)9-13-10-12(17)15(3)5-2/h6-7,13H,4-5,8-10H2,1-3H3. The highest BCUT2D eigenvalue weighted by atomic mass is 16.2. The van der Waals surface area contributed by atoms with Gasteiger partial charge >= 0.3 is 0 Å². The fourth-order valence-electron chi connectivity index (χ4n) is 1.53. The Kier molecular flexibility index (Phi) is 5.69. The molecule has 0 saturated carbocycles. The van der Waals surface area contributed by atoms with Gasteiger partial charge in [-0.1, -0.05) is 6.92 Å². The van der Waals surface area contributed by atoms with Crippen molar-refractivity contribution in [3.05, 3.63) is 18.0 Å². The Labute approximate surface area is 103 Å². The third kappa shape index (κ3) is 4.19. The highest BCUT2D eigenvalue weighted by Gasteiger charge is 2.06. The molecule has 0 aliphatic heterocycles. The van der Waals surface area contributed by atoms with Crippen LogP contribution in [-0.2, 0) is 17.9 Å². The van der Waals surface area contributed by atoms with Crippen molar-refractivity contribution in [2.75, 3.05) is 20.1 Å². The maximum Gasteiger partial charge on any atom is 0.236 e. The molecule has 0 unspecified atom stereocenters. The lowest BCUT2D eigenvalue weighted by Gasteiger charge is -2.14. The highest BCUT2D eigenvalue weighted by molar-refractivity contribution is 5.77. The van der Waals surface area contributed by atoms with Gasteiger partial charge in [0, 0.05) is 32.9 Å². The van der Waals surface area contributed by atoms with E-state index in [0.717, 1.165) is 25.2 Å². The minimum absolute atomic E-state index is 0.119. The van der Waals surface area contributed by atoms with E-state index in [2.05, 4.69) is 17.3 Å². The smallest absolute Gasteiger partial charge is 0.236 e. The number of aromatic nitrogens is 2. The summed E-state index contributed by atoms with van der Waals surface area (Å²) in [6, 6.07) is 1.98. The summed E-state index contributed by atoms with van der Waals surface area (Å²) in [6.45, 7) is 6.82. The Bertz CT molecular complexity index is 348. The molecule has 17 heavy (non-hydrogen) atoms. The number of nitrogens with one attached hydrogen (secondary N) is 1. The molecule has 0 aliphatic rings. The van der Waals surface area contributed by atoms with Crippen molar-refractivity contribution >= 4 is 5.91 Å². The minimum Gasteiger partial charge on any atom is -0.345 e. The first-order valence-electron chi connectivity index (χ1n) is 6.14. The van der Waals surface area contributed by atoms with Crippen molar-refractivity contribution in [3.8, 4) is 0 Å². The Morgan fingerprint density at radius 2 is 2.29 bits per heavy atom. The third-order valence-electron chi connectivity index (χ3n) is 2.72. The molecule has 1 heterocycles. The van der Waals surface area contributed by atoms with Crippen LogP contribution < -0.4 is 5.32 Å². The summed E-state index contributed by atoms with van der Waals surface area (Å²) in [5.41, 5.74) is 1.12. The molecule has 5 nitrogen and oxygen atoms in total. The van der Waals surface area contributed by atoms with Gasteiger partial charge in [0.05, 0.1) is 12.2 Å². The maximum atomic E-state index is 11.6. The fraction of sp³-hybridized carbons (Fsp3) is 0.667. The van der Waals surface area contributed by atoms with Crippen LogP contribution in [0.25, 0.3) is 0 Å². The van der Waals surface area contributed by atoms with Crippen molar-refractivity contribution in [3.63, 3.8) is 0 Å². The van der Waals surface area contributed by atoms with E-state index in [-0.39, 0.29) is 5.91 Å². The number of aryl methyl sites for hydroxylation is 1. The summed E-state index contributed by atoms with van der Waals surface area (Å²) in [5.74, 6) is 0.119. The number of amides is 1. The van der Waals surface area contributed by atoms with Crippen LogP contribution in [0.3, 0.4) is 0 Å². The summed E-state index contributed by atoms with van der Waals surface area (Å²) in [7, 11) is 1.81. The first kappa shape index (κ1) is 13.7. The zero-order valence-corrected chi connectivity index (χ0v) is 10.9. The van der Waals surface area contributed by atoms with Crippen LogP contribution in [0, 0.1) is 0 Å². The lowest BCUT2D eigenvalue weighted by Crippen LogP contribution is -2.35. The van der Waals surface area contributed by atoms with Crippen LogP contribution in [0.15, 0.2) is 12.3 Å². The molecule has 0 atom stereocenters. The quantitative estimate of drug-likeness (QED) is 0.766. The average Bonchev–Trinajstić information content (AvgIpc) is 2.76. The Balaban J connectivity index is 2.35. The van der Waals surface area contributed by atoms with Crippen molar-refractivity contribution < 1.29 is 4.79 Å². The van der Waals surface area contributed by atoms with Crippen molar-refractivity contribution in [1.29, 1.82) is 0 Å². The Morgan fingerprint density at radius 3 is 2.94 bits per heavy atom. The van der Waals surface area contributed by atoms with Crippen LogP contribution in [-0.4, -0.2) is 40.7 Å². The molecular formula is C12H22N4O. The molecule has 0 bridgehead atoms. The molecule has 0 aromatic carbocycles. The molecule has 1 aromatic heterocycles. The maximum absolute atomic E-state index is 11.6. The fourth-order valence-corrected chi connectivity index (χ4v) is 1.53. The van der Waals surface area contributed by atoms with Crippen molar-refractivity contribution in [1.82, 2.24) is 20.0 Å². The number of carbonyl (C=O) groups is 1. The molecule has 96 valence electrons. The van der Waals surface area contributed by atoms with E-state index < -0.39 is 0 Å². The van der Waals surface area contributed by atoms with Crippen LogP contribution in [0.5, 0.6) is 0 Å². The predicted molar refractivity (Wildman–Crippen MR) is 67.5 cm³/mol. The van der Waals surface area contributed by atoms with Gasteiger partial charge in [0.1, 0.15) is 0 Å². The van der Waals surface area contributed by atoms with Gasteiger partial charge in [-0.25, -0.2) is 0 Å². The van der Waals surface area contributed by atoms with Gasteiger partial charge in [-0.2, -0.15) is 5.10 Å². The van der Waals surface area contributed by atoms with Crippen LogP contribution in [0.4, 0.5) is 0 Å². The molecule has 1 amide bonds. The van der Waals surface area contributed by atoms with Crippen LogP contribution in [0.2, 0.25) is 0 Å². The molecule has 0 aliphatic carbocycles. The normalized spacial score (nSPS) is 10.5. The molecule has 5 heteroatoms. The monoisotopic (exact) mass is 238 g/mol. The van der Waals surface area contributed by atoms with E-state index in [1.54, 1.807) is 11.1 Å². The lowest BCUT2D eigenvalue weighted by atomic mass is 10.4. The Morgan fingerprint density at radius 1 is 1.53 bits per heavy atom. The van der Waals surface area contributed by atoms with E-state index in [9.17, 15) is 4.79 Å². The molecule has 0 fully saturated rings. The predicted octanol–water partition coefficient (Wildman–Crippen LogP) is 0.861. The number of hydrogen-bond donors (Lipinski definition) is 1. The number of nitrogens with zero attached hydrogens (tertiary/aromatic N) is 3. The number of carbonyl (C=O) groups excluding carboxylic acids is 1. The van der Waals surface area contributed by atoms with Gasteiger partial charge in [-0.05, 0) is 19.4 Å². The van der Waals surface area contributed by atoms with Crippen molar-refractivity contribution in [2.24, 2.45) is 0 Å². The second-order valence-corrected chi connectivity index (χ2v) is 4.06. The average molecular weight is 238 g/mol. The van der Waals surface area contributed by atoms with Gasteiger partial charge in [0.25, 0.3) is 0 Å². The van der Waals surface area contributed by atoms with Crippen molar-refractivity contribution in [2.45, 2.75) is 33.4 Å². The second kappa shape index (κ2) is 7.06. The Hall–Kier alpha value is -1.36. The summed E-state index contributed by atoms with van der Waals surface area (Å²) in [6.07, 6.45) is 2.86. The summed E-state index contributed by atoms with van der Waals surface area (Å²) in [4.78, 5) is 13.3. The third-order valence-corrected chi connectivity index (χ3v) is 2.72. The minimum atomic E-state index is 0.119. The number of likely N-dealkylation sites (N-methyl/N-ethyl adjacent to an activating group) is 1. The van der Waals surface area contributed by atoms with E-state index in [0.29, 0.717) is 13.1 Å². The first-order chi connectivity index (χ1) is 8.19. The number of hydrogen-bond acceptors (Lipinski definition) is 3. The molecule has 0 spiro atoms. The molecule has 0 radical (unpaired) electrons. The van der Waals surface area contributed by atoms with Gasteiger partial charge in [-0.15, -0.1) is 0 Å². The summed E-state index contributed by atoms with van der Waals surface area (Å²) >= 11 is 0. The van der Waals surface area contributed by atoms with Gasteiger partial charge in [0.2, 0.25) is 5.91 Å². The summed E-state index contributed by atoms with van der Waals surface area (Å²) < 4.78 is 1.97.